The number of thiocarbonyl (C=S) groups is 1. The summed E-state index contributed by atoms with van der Waals surface area (Å²) in [6.07, 6.45) is 3.45. The van der Waals surface area contributed by atoms with E-state index in [2.05, 4.69) is 19.2 Å². The summed E-state index contributed by atoms with van der Waals surface area (Å²) in [6, 6.07) is 0.292. The summed E-state index contributed by atoms with van der Waals surface area (Å²) in [6.45, 7) is 6.23. The first-order chi connectivity index (χ1) is 7.41. The van der Waals surface area contributed by atoms with Gasteiger partial charge in [-0.1, -0.05) is 26.1 Å². The number of amides is 1. The van der Waals surface area contributed by atoms with Crippen molar-refractivity contribution < 1.29 is 4.79 Å². The molecule has 0 bridgehead atoms. The van der Waals surface area contributed by atoms with Gasteiger partial charge in [0.2, 0.25) is 5.91 Å². The van der Waals surface area contributed by atoms with Crippen molar-refractivity contribution in [2.75, 3.05) is 0 Å². The van der Waals surface area contributed by atoms with Gasteiger partial charge < -0.3 is 11.1 Å². The van der Waals surface area contributed by atoms with Gasteiger partial charge in [0.1, 0.15) is 0 Å². The molecule has 3 N–H and O–H groups in total. The van der Waals surface area contributed by atoms with E-state index in [-0.39, 0.29) is 16.8 Å². The second kappa shape index (κ2) is 5.62. The Balaban J connectivity index is 2.48. The third-order valence-electron chi connectivity index (χ3n) is 3.58. The van der Waals surface area contributed by atoms with Crippen molar-refractivity contribution in [2.24, 2.45) is 23.5 Å². The number of hydrogen-bond donors (Lipinski definition) is 2. The topological polar surface area (TPSA) is 55.1 Å². The highest BCUT2D eigenvalue weighted by atomic mass is 32.1. The molecule has 1 fully saturated rings. The Morgan fingerprint density at radius 2 is 2.06 bits per heavy atom. The highest BCUT2D eigenvalue weighted by molar-refractivity contribution is 7.80. The van der Waals surface area contributed by atoms with Crippen molar-refractivity contribution in [2.45, 2.75) is 46.1 Å². The van der Waals surface area contributed by atoms with Gasteiger partial charge >= 0.3 is 0 Å². The molecule has 1 rings (SSSR count). The molecular formula is C12H22N2OS. The van der Waals surface area contributed by atoms with Gasteiger partial charge in [0.15, 0.2) is 0 Å². The Labute approximate surface area is 103 Å². The molecule has 4 atom stereocenters. The fourth-order valence-corrected chi connectivity index (χ4v) is 2.42. The first kappa shape index (κ1) is 13.4. The maximum atomic E-state index is 11.8. The van der Waals surface area contributed by atoms with Gasteiger partial charge in [-0.25, -0.2) is 0 Å². The Kier molecular flexibility index (Phi) is 4.71. The third-order valence-corrected chi connectivity index (χ3v) is 3.93. The van der Waals surface area contributed by atoms with Gasteiger partial charge in [0.25, 0.3) is 0 Å². The molecule has 0 saturated heterocycles. The van der Waals surface area contributed by atoms with Crippen LogP contribution in [0.4, 0.5) is 0 Å². The zero-order valence-electron chi connectivity index (χ0n) is 10.3. The maximum absolute atomic E-state index is 11.8. The summed E-state index contributed by atoms with van der Waals surface area (Å²) in [7, 11) is 0. The molecule has 0 radical (unpaired) electrons. The average molecular weight is 242 g/mol. The number of carbonyl (C=O) groups is 1. The van der Waals surface area contributed by atoms with Crippen LogP contribution in [0.25, 0.3) is 0 Å². The summed E-state index contributed by atoms with van der Waals surface area (Å²) >= 11 is 4.83. The van der Waals surface area contributed by atoms with E-state index in [1.54, 1.807) is 6.92 Å². The van der Waals surface area contributed by atoms with Crippen molar-refractivity contribution in [1.29, 1.82) is 0 Å². The van der Waals surface area contributed by atoms with Gasteiger partial charge in [-0.15, -0.1) is 0 Å². The van der Waals surface area contributed by atoms with Gasteiger partial charge in [0.05, 0.1) is 10.9 Å². The molecule has 1 saturated carbocycles. The van der Waals surface area contributed by atoms with Crippen LogP contribution >= 0.6 is 12.2 Å². The van der Waals surface area contributed by atoms with Crippen LogP contribution in [0.3, 0.4) is 0 Å². The summed E-state index contributed by atoms with van der Waals surface area (Å²) in [5.74, 6) is 0.933. The molecule has 3 nitrogen and oxygen atoms in total. The summed E-state index contributed by atoms with van der Waals surface area (Å²) in [4.78, 5) is 12.1. The second-order valence-corrected chi connectivity index (χ2v) is 5.61. The Bertz CT molecular complexity index is 280. The first-order valence-electron chi connectivity index (χ1n) is 6.01. The molecule has 0 aromatic heterocycles. The maximum Gasteiger partial charge on any atom is 0.229 e. The van der Waals surface area contributed by atoms with Gasteiger partial charge in [-0.05, 0) is 38.0 Å². The van der Waals surface area contributed by atoms with Crippen molar-refractivity contribution in [3.8, 4) is 0 Å². The minimum absolute atomic E-state index is 0.0288. The van der Waals surface area contributed by atoms with Gasteiger partial charge in [-0.3, -0.25) is 4.79 Å². The standard InChI is InChI=1S/C12H22N2OS/c1-7-4-5-10(8(2)6-7)14-12(15)9(3)11(13)16/h7-10H,4-6H2,1-3H3,(H2,13,16)(H,14,15). The number of rotatable bonds is 3. The van der Waals surface area contributed by atoms with E-state index in [0.717, 1.165) is 12.3 Å². The smallest absolute Gasteiger partial charge is 0.229 e. The zero-order chi connectivity index (χ0) is 12.3. The average Bonchev–Trinajstić information content (AvgIpc) is 2.20. The van der Waals surface area contributed by atoms with Gasteiger partial charge in [-0.2, -0.15) is 0 Å². The third kappa shape index (κ3) is 3.44. The van der Waals surface area contributed by atoms with Crippen LogP contribution in [0.1, 0.15) is 40.0 Å². The highest BCUT2D eigenvalue weighted by Gasteiger charge is 2.28. The first-order valence-corrected chi connectivity index (χ1v) is 6.42. The molecule has 16 heavy (non-hydrogen) atoms. The largest absolute Gasteiger partial charge is 0.393 e. The lowest BCUT2D eigenvalue weighted by Gasteiger charge is -2.33. The van der Waals surface area contributed by atoms with Crippen molar-refractivity contribution in [3.05, 3.63) is 0 Å². The van der Waals surface area contributed by atoms with Crippen LogP contribution in [-0.2, 0) is 4.79 Å². The molecule has 0 aromatic rings. The minimum Gasteiger partial charge on any atom is -0.393 e. The van der Waals surface area contributed by atoms with E-state index in [1.807, 2.05) is 0 Å². The molecule has 4 unspecified atom stereocenters. The van der Waals surface area contributed by atoms with Crippen LogP contribution in [0.15, 0.2) is 0 Å². The number of nitrogens with two attached hydrogens (primary N) is 1. The van der Waals surface area contributed by atoms with Crippen LogP contribution in [0.5, 0.6) is 0 Å². The van der Waals surface area contributed by atoms with E-state index < -0.39 is 0 Å². The number of hydrogen-bond acceptors (Lipinski definition) is 2. The van der Waals surface area contributed by atoms with Crippen LogP contribution in [0.2, 0.25) is 0 Å². The molecule has 0 aromatic carbocycles. The molecular weight excluding hydrogens is 220 g/mol. The second-order valence-electron chi connectivity index (χ2n) is 5.13. The Morgan fingerprint density at radius 1 is 1.44 bits per heavy atom. The van der Waals surface area contributed by atoms with E-state index >= 15 is 0 Å². The lowest BCUT2D eigenvalue weighted by atomic mass is 9.80. The number of nitrogens with one attached hydrogen (secondary N) is 1. The monoisotopic (exact) mass is 242 g/mol. The van der Waals surface area contributed by atoms with E-state index in [9.17, 15) is 4.79 Å². The fraction of sp³-hybridized carbons (Fsp3) is 0.833. The predicted molar refractivity (Wildman–Crippen MR) is 70.1 cm³/mol. The molecule has 0 aliphatic heterocycles. The Hall–Kier alpha value is -0.640. The lowest BCUT2D eigenvalue weighted by Crippen LogP contribution is -2.46. The van der Waals surface area contributed by atoms with E-state index in [4.69, 9.17) is 18.0 Å². The fourth-order valence-electron chi connectivity index (χ4n) is 2.32. The normalized spacial score (nSPS) is 31.8. The van der Waals surface area contributed by atoms with E-state index in [1.165, 1.54) is 12.8 Å². The zero-order valence-corrected chi connectivity index (χ0v) is 11.1. The summed E-state index contributed by atoms with van der Waals surface area (Å²) in [5, 5.41) is 3.06. The number of carbonyl (C=O) groups excluding carboxylic acids is 1. The summed E-state index contributed by atoms with van der Waals surface area (Å²) in [5.41, 5.74) is 5.47. The van der Waals surface area contributed by atoms with Crippen molar-refractivity contribution in [1.82, 2.24) is 5.32 Å². The minimum atomic E-state index is -0.360. The van der Waals surface area contributed by atoms with Crippen LogP contribution < -0.4 is 11.1 Å². The Morgan fingerprint density at radius 3 is 2.56 bits per heavy atom. The predicted octanol–water partition coefficient (Wildman–Crippen LogP) is 1.85. The van der Waals surface area contributed by atoms with Crippen molar-refractivity contribution in [3.63, 3.8) is 0 Å². The van der Waals surface area contributed by atoms with Crippen molar-refractivity contribution >= 4 is 23.1 Å². The molecule has 0 spiro atoms. The van der Waals surface area contributed by atoms with Crippen LogP contribution in [0, 0.1) is 17.8 Å². The molecule has 0 heterocycles. The quantitative estimate of drug-likeness (QED) is 0.743. The molecule has 92 valence electrons. The van der Waals surface area contributed by atoms with Crippen LogP contribution in [-0.4, -0.2) is 16.9 Å². The molecule has 1 aliphatic rings. The molecule has 1 amide bonds. The lowest BCUT2D eigenvalue weighted by molar-refractivity contribution is -0.124. The molecule has 4 heteroatoms. The SMILES string of the molecule is CC1CCC(NC(=O)C(C)C(N)=S)C(C)C1. The molecule has 1 aliphatic carbocycles. The van der Waals surface area contributed by atoms with E-state index in [0.29, 0.717) is 12.0 Å². The van der Waals surface area contributed by atoms with Gasteiger partial charge in [0, 0.05) is 6.04 Å². The highest BCUT2D eigenvalue weighted by Crippen LogP contribution is 2.28. The summed E-state index contributed by atoms with van der Waals surface area (Å²) < 4.78 is 0.